The zero-order valence-corrected chi connectivity index (χ0v) is 14.2. The maximum absolute atomic E-state index is 12.1. The molecule has 0 bridgehead atoms. The lowest BCUT2D eigenvalue weighted by atomic mass is 10.2. The Hall–Kier alpha value is -2.97. The smallest absolute Gasteiger partial charge is 0.338 e. The van der Waals surface area contributed by atoms with E-state index >= 15 is 0 Å². The monoisotopic (exact) mass is 352 g/mol. The Balaban J connectivity index is 1.95. The normalized spacial score (nSPS) is 12.8. The number of amides is 3. The second-order valence-electron chi connectivity index (χ2n) is 5.29. The van der Waals surface area contributed by atoms with E-state index < -0.39 is 24.5 Å². The first-order chi connectivity index (χ1) is 12.0. The van der Waals surface area contributed by atoms with Crippen LogP contribution in [-0.4, -0.2) is 51.9 Å². The first-order valence-corrected chi connectivity index (χ1v) is 7.56. The first kappa shape index (κ1) is 18.4. The molecule has 0 heterocycles. The summed E-state index contributed by atoms with van der Waals surface area (Å²) in [7, 11) is 4.27. The third-order valence-corrected chi connectivity index (χ3v) is 3.40. The molecule has 1 aromatic carbocycles. The summed E-state index contributed by atoms with van der Waals surface area (Å²) in [5.74, 6) is -0.601. The van der Waals surface area contributed by atoms with E-state index in [-0.39, 0.29) is 23.1 Å². The van der Waals surface area contributed by atoms with Crippen LogP contribution in [0.15, 0.2) is 12.1 Å². The van der Waals surface area contributed by atoms with E-state index in [9.17, 15) is 14.4 Å². The first-order valence-electron chi connectivity index (χ1n) is 7.56. The van der Waals surface area contributed by atoms with Crippen LogP contribution in [0.4, 0.5) is 4.79 Å². The maximum Gasteiger partial charge on any atom is 0.338 e. The summed E-state index contributed by atoms with van der Waals surface area (Å²) in [5.41, 5.74) is 0.115. The quantitative estimate of drug-likeness (QED) is 0.700. The summed E-state index contributed by atoms with van der Waals surface area (Å²) >= 11 is 0. The molecule has 1 fully saturated rings. The lowest BCUT2D eigenvalue weighted by Crippen LogP contribution is -2.42. The second kappa shape index (κ2) is 8.22. The predicted octanol–water partition coefficient (Wildman–Crippen LogP) is 0.857. The Labute approximate surface area is 144 Å². The number of carbonyl (C=O) groups is 3. The zero-order valence-electron chi connectivity index (χ0n) is 14.2. The highest BCUT2D eigenvalue weighted by Gasteiger charge is 2.24. The van der Waals surface area contributed by atoms with Crippen molar-refractivity contribution < 1.29 is 33.3 Å². The number of nitrogens with one attached hydrogen (secondary N) is 2. The van der Waals surface area contributed by atoms with Crippen molar-refractivity contribution >= 4 is 17.9 Å². The highest BCUT2D eigenvalue weighted by molar-refractivity contribution is 5.97. The Morgan fingerprint density at radius 3 is 2.12 bits per heavy atom. The van der Waals surface area contributed by atoms with Crippen LogP contribution in [-0.2, 0) is 9.53 Å². The van der Waals surface area contributed by atoms with Gasteiger partial charge < -0.3 is 24.3 Å². The van der Waals surface area contributed by atoms with Crippen molar-refractivity contribution in [3.05, 3.63) is 17.7 Å². The van der Waals surface area contributed by atoms with E-state index in [1.165, 1.54) is 33.5 Å². The summed E-state index contributed by atoms with van der Waals surface area (Å²) in [4.78, 5) is 35.1. The maximum atomic E-state index is 12.1. The summed E-state index contributed by atoms with van der Waals surface area (Å²) < 4.78 is 20.4. The molecule has 1 aliphatic rings. The van der Waals surface area contributed by atoms with Gasteiger partial charge in [0, 0.05) is 6.04 Å². The number of rotatable bonds is 7. The van der Waals surface area contributed by atoms with Crippen LogP contribution in [0, 0.1) is 0 Å². The van der Waals surface area contributed by atoms with E-state index in [4.69, 9.17) is 18.9 Å². The number of hydrogen-bond donors (Lipinski definition) is 2. The van der Waals surface area contributed by atoms with Crippen molar-refractivity contribution in [2.24, 2.45) is 0 Å². The van der Waals surface area contributed by atoms with Gasteiger partial charge in [-0.3, -0.25) is 10.1 Å². The standard InChI is InChI=1S/C16H20N2O7/c1-22-11-6-9(7-12(23-2)14(11)24-3)15(20)25-8-13(19)18-16(21)17-10-4-5-10/h6-7,10H,4-5,8H2,1-3H3,(H2,17,18,19,21). The molecule has 9 nitrogen and oxygen atoms in total. The van der Waals surface area contributed by atoms with Gasteiger partial charge in [-0.05, 0) is 25.0 Å². The molecule has 1 aliphatic carbocycles. The molecule has 0 aliphatic heterocycles. The summed E-state index contributed by atoms with van der Waals surface area (Å²) in [6, 6.07) is 2.33. The molecule has 9 heteroatoms. The Morgan fingerprint density at radius 2 is 1.64 bits per heavy atom. The molecule has 1 aromatic rings. The van der Waals surface area contributed by atoms with E-state index in [0.29, 0.717) is 5.75 Å². The molecule has 0 aromatic heterocycles. The van der Waals surface area contributed by atoms with Crippen LogP contribution in [0.3, 0.4) is 0 Å². The molecule has 0 saturated heterocycles. The van der Waals surface area contributed by atoms with Crippen LogP contribution in [0.1, 0.15) is 23.2 Å². The van der Waals surface area contributed by atoms with Crippen molar-refractivity contribution in [2.75, 3.05) is 27.9 Å². The molecule has 136 valence electrons. The molecular formula is C16H20N2O7. The fourth-order valence-corrected chi connectivity index (χ4v) is 2.03. The van der Waals surface area contributed by atoms with Gasteiger partial charge in [-0.15, -0.1) is 0 Å². The van der Waals surface area contributed by atoms with Gasteiger partial charge in [-0.25, -0.2) is 9.59 Å². The number of hydrogen-bond acceptors (Lipinski definition) is 7. The van der Waals surface area contributed by atoms with Crippen molar-refractivity contribution in [2.45, 2.75) is 18.9 Å². The number of urea groups is 1. The van der Waals surface area contributed by atoms with Gasteiger partial charge in [0.25, 0.3) is 5.91 Å². The van der Waals surface area contributed by atoms with Crippen molar-refractivity contribution in [3.8, 4) is 17.2 Å². The number of esters is 1. The molecule has 0 spiro atoms. The Bertz CT molecular complexity index is 645. The number of carbonyl (C=O) groups excluding carboxylic acids is 3. The number of benzene rings is 1. The second-order valence-corrected chi connectivity index (χ2v) is 5.29. The highest BCUT2D eigenvalue weighted by Crippen LogP contribution is 2.38. The lowest BCUT2D eigenvalue weighted by molar-refractivity contribution is -0.123. The van der Waals surface area contributed by atoms with Gasteiger partial charge in [0.2, 0.25) is 5.75 Å². The topological polar surface area (TPSA) is 112 Å². The minimum absolute atomic E-state index is 0.115. The number of imide groups is 1. The predicted molar refractivity (Wildman–Crippen MR) is 86.1 cm³/mol. The molecule has 0 unspecified atom stereocenters. The molecule has 0 atom stereocenters. The molecule has 2 N–H and O–H groups in total. The molecule has 3 amide bonds. The highest BCUT2D eigenvalue weighted by atomic mass is 16.5. The van der Waals surface area contributed by atoms with Crippen molar-refractivity contribution in [1.29, 1.82) is 0 Å². The summed E-state index contributed by atoms with van der Waals surface area (Å²) in [6.45, 7) is -0.590. The minimum Gasteiger partial charge on any atom is -0.493 e. The average molecular weight is 352 g/mol. The Kier molecular flexibility index (Phi) is 6.04. The third-order valence-electron chi connectivity index (χ3n) is 3.40. The van der Waals surface area contributed by atoms with Crippen LogP contribution in [0.2, 0.25) is 0 Å². The minimum atomic E-state index is -0.767. The average Bonchev–Trinajstić information content (AvgIpc) is 3.41. The van der Waals surface area contributed by atoms with Crippen molar-refractivity contribution in [3.63, 3.8) is 0 Å². The van der Waals surface area contributed by atoms with E-state index in [0.717, 1.165) is 12.8 Å². The Morgan fingerprint density at radius 1 is 1.04 bits per heavy atom. The van der Waals surface area contributed by atoms with Gasteiger partial charge >= 0.3 is 12.0 Å². The molecule has 2 rings (SSSR count). The third kappa shape index (κ3) is 5.00. The van der Waals surface area contributed by atoms with Crippen LogP contribution in [0.25, 0.3) is 0 Å². The molecule has 0 radical (unpaired) electrons. The summed E-state index contributed by atoms with van der Waals surface area (Å²) in [6.07, 6.45) is 1.80. The molecule has 25 heavy (non-hydrogen) atoms. The number of ether oxygens (including phenoxy) is 4. The van der Waals surface area contributed by atoms with E-state index in [1.807, 2.05) is 0 Å². The summed E-state index contributed by atoms with van der Waals surface area (Å²) in [5, 5.41) is 4.67. The fourth-order valence-electron chi connectivity index (χ4n) is 2.03. The van der Waals surface area contributed by atoms with Gasteiger partial charge in [0.15, 0.2) is 18.1 Å². The van der Waals surface area contributed by atoms with Crippen molar-refractivity contribution in [1.82, 2.24) is 10.6 Å². The zero-order chi connectivity index (χ0) is 18.4. The molecule has 1 saturated carbocycles. The van der Waals surface area contributed by atoms with Gasteiger partial charge in [-0.2, -0.15) is 0 Å². The van der Waals surface area contributed by atoms with Crippen LogP contribution >= 0.6 is 0 Å². The molecular weight excluding hydrogens is 332 g/mol. The SMILES string of the molecule is COc1cc(C(=O)OCC(=O)NC(=O)NC2CC2)cc(OC)c1OC. The van der Waals surface area contributed by atoms with E-state index in [1.54, 1.807) is 0 Å². The largest absolute Gasteiger partial charge is 0.493 e. The number of methoxy groups -OCH3 is 3. The lowest BCUT2D eigenvalue weighted by Gasteiger charge is -2.13. The van der Waals surface area contributed by atoms with Crippen LogP contribution < -0.4 is 24.8 Å². The van der Waals surface area contributed by atoms with Gasteiger partial charge in [-0.1, -0.05) is 0 Å². The van der Waals surface area contributed by atoms with Gasteiger partial charge in [0.05, 0.1) is 26.9 Å². The van der Waals surface area contributed by atoms with E-state index in [2.05, 4.69) is 10.6 Å². The fraction of sp³-hybridized carbons (Fsp3) is 0.438. The van der Waals surface area contributed by atoms with Crippen LogP contribution in [0.5, 0.6) is 17.2 Å². The van der Waals surface area contributed by atoms with Gasteiger partial charge in [0.1, 0.15) is 0 Å².